The Morgan fingerprint density at radius 2 is 1.72 bits per heavy atom. The Bertz CT molecular complexity index is 990. The molecule has 0 bridgehead atoms. The number of aryl methyl sites for hydroxylation is 3. The summed E-state index contributed by atoms with van der Waals surface area (Å²) in [6.07, 6.45) is 6.51. The summed E-state index contributed by atoms with van der Waals surface area (Å²) >= 11 is 0. The van der Waals surface area contributed by atoms with Crippen molar-refractivity contribution in [2.24, 2.45) is 9.50 Å². The molecule has 0 aliphatic heterocycles. The molecule has 2 aliphatic carbocycles. The third-order valence-corrected chi connectivity index (χ3v) is 7.08. The first kappa shape index (κ1) is 20.3. The number of urea groups is 1. The maximum absolute atomic E-state index is 12.7. The van der Waals surface area contributed by atoms with Crippen LogP contribution in [-0.2, 0) is 42.2 Å². The molecule has 4 rings (SSSR count). The summed E-state index contributed by atoms with van der Waals surface area (Å²) in [5, 5.41) is 19.6. The van der Waals surface area contributed by atoms with Gasteiger partial charge in [0, 0.05) is 21.5 Å². The summed E-state index contributed by atoms with van der Waals surface area (Å²) in [7, 11) is -1.05. The monoisotopic (exact) mass is 411 g/mol. The fraction of sp³-hybridized carbons (Fsp3) is 0.435. The Labute approximate surface area is 174 Å². The summed E-state index contributed by atoms with van der Waals surface area (Å²) in [4.78, 5) is 13.5. The summed E-state index contributed by atoms with van der Waals surface area (Å²) in [5.74, 6) is 0. The maximum atomic E-state index is 12.7. The Hall–Kier alpha value is -2.02. The summed E-state index contributed by atoms with van der Waals surface area (Å²) in [5.41, 5.74) is 7.19. The number of nitrogens with two attached hydrogens (primary N) is 1. The predicted octanol–water partition coefficient (Wildman–Crippen LogP) is 4.47. The molecule has 2 aromatic carbocycles. The minimum Gasteiger partial charge on any atom is -0.386 e. The van der Waals surface area contributed by atoms with Gasteiger partial charge in [0.25, 0.3) is 0 Å². The van der Waals surface area contributed by atoms with Crippen LogP contribution in [0.25, 0.3) is 0 Å². The van der Waals surface area contributed by atoms with Gasteiger partial charge in [-0.3, -0.25) is 5.14 Å². The van der Waals surface area contributed by atoms with Crippen LogP contribution in [0.5, 0.6) is 0 Å². The Morgan fingerprint density at radius 1 is 1.10 bits per heavy atom. The van der Waals surface area contributed by atoms with E-state index in [0.29, 0.717) is 0 Å². The molecule has 0 fully saturated rings. The molecular weight excluding hydrogens is 382 g/mol. The highest BCUT2D eigenvalue weighted by molar-refractivity contribution is 7.85. The first-order chi connectivity index (χ1) is 13.7. The average Bonchev–Trinajstić information content (AvgIpc) is 3.29. The van der Waals surface area contributed by atoms with E-state index in [1.54, 1.807) is 13.8 Å². The van der Waals surface area contributed by atoms with Gasteiger partial charge in [0.2, 0.25) is 0 Å². The van der Waals surface area contributed by atoms with Crippen LogP contribution >= 0.6 is 0 Å². The molecular formula is C23H29N3O2S. The topological polar surface area (TPSA) is 87.7 Å². The molecule has 0 saturated heterocycles. The second-order valence-electron chi connectivity index (χ2n) is 8.61. The molecule has 29 heavy (non-hydrogen) atoms. The minimum atomic E-state index is -1.05. The van der Waals surface area contributed by atoms with E-state index < -0.39 is 16.5 Å². The molecule has 5 nitrogen and oxygen atoms in total. The van der Waals surface area contributed by atoms with Gasteiger partial charge in [-0.05, 0) is 105 Å². The molecule has 0 aromatic heterocycles. The number of hydrogen-bond acceptors (Lipinski definition) is 2. The largest absolute Gasteiger partial charge is 0.386 e. The fourth-order valence-corrected chi connectivity index (χ4v) is 5.53. The molecule has 2 amide bonds. The number of aliphatic hydroxyl groups is 1. The Balaban J connectivity index is 1.59. The molecule has 2 aromatic rings. The second-order valence-corrected chi connectivity index (χ2v) is 9.89. The normalized spacial score (nSPS) is 16.6. The number of benzene rings is 2. The van der Waals surface area contributed by atoms with E-state index in [9.17, 15) is 9.90 Å². The van der Waals surface area contributed by atoms with E-state index in [4.69, 9.17) is 5.14 Å². The highest BCUT2D eigenvalue weighted by atomic mass is 32.2. The van der Waals surface area contributed by atoms with Gasteiger partial charge in [-0.15, -0.1) is 0 Å². The van der Waals surface area contributed by atoms with Crippen molar-refractivity contribution in [2.75, 3.05) is 5.32 Å². The van der Waals surface area contributed by atoms with Crippen molar-refractivity contribution in [2.45, 2.75) is 69.8 Å². The van der Waals surface area contributed by atoms with Crippen molar-refractivity contribution >= 4 is 22.6 Å². The number of rotatable bonds is 3. The van der Waals surface area contributed by atoms with Crippen LogP contribution in [-0.4, -0.2) is 11.1 Å². The molecule has 1 unspecified atom stereocenters. The third-order valence-electron chi connectivity index (χ3n) is 5.98. The van der Waals surface area contributed by atoms with Crippen LogP contribution in [0, 0.1) is 6.92 Å². The van der Waals surface area contributed by atoms with Crippen LogP contribution in [0.3, 0.4) is 0 Å². The number of carbonyl (C=O) groups excluding carboxylic acids is 1. The lowest BCUT2D eigenvalue weighted by atomic mass is 9.94. The number of nitrogens with one attached hydrogen (secondary N) is 1. The number of amides is 2. The molecule has 6 heteroatoms. The van der Waals surface area contributed by atoms with Crippen molar-refractivity contribution in [3.05, 3.63) is 57.6 Å². The van der Waals surface area contributed by atoms with Crippen molar-refractivity contribution in [1.29, 1.82) is 0 Å². The lowest BCUT2D eigenvalue weighted by Gasteiger charge is -2.21. The highest BCUT2D eigenvalue weighted by Crippen LogP contribution is 2.38. The first-order valence-corrected chi connectivity index (χ1v) is 11.5. The van der Waals surface area contributed by atoms with E-state index in [-0.39, 0.29) is 6.03 Å². The number of hydrogen-bond donors (Lipinski definition) is 3. The van der Waals surface area contributed by atoms with Crippen molar-refractivity contribution in [3.63, 3.8) is 0 Å². The zero-order chi connectivity index (χ0) is 20.8. The highest BCUT2D eigenvalue weighted by Gasteiger charge is 2.25. The smallest absolute Gasteiger partial charge is 0.352 e. The van der Waals surface area contributed by atoms with Gasteiger partial charge in [-0.25, -0.2) is 4.79 Å². The van der Waals surface area contributed by atoms with Crippen LogP contribution in [0.15, 0.2) is 33.5 Å². The first-order valence-electron chi connectivity index (χ1n) is 10.3. The van der Waals surface area contributed by atoms with Gasteiger partial charge in [-0.2, -0.15) is 4.36 Å². The predicted molar refractivity (Wildman–Crippen MR) is 118 cm³/mol. The van der Waals surface area contributed by atoms with Gasteiger partial charge in [-0.1, -0.05) is 12.1 Å². The van der Waals surface area contributed by atoms with E-state index in [0.717, 1.165) is 60.2 Å². The van der Waals surface area contributed by atoms with Gasteiger partial charge in [0.05, 0.1) is 5.60 Å². The van der Waals surface area contributed by atoms with Crippen molar-refractivity contribution < 1.29 is 9.90 Å². The molecule has 0 spiro atoms. The van der Waals surface area contributed by atoms with Gasteiger partial charge >= 0.3 is 6.03 Å². The van der Waals surface area contributed by atoms with Crippen LogP contribution in [0.4, 0.5) is 10.5 Å². The van der Waals surface area contributed by atoms with Crippen LogP contribution in [0.2, 0.25) is 0 Å². The van der Waals surface area contributed by atoms with E-state index >= 15 is 0 Å². The lowest BCUT2D eigenvalue weighted by Crippen LogP contribution is -2.18. The van der Waals surface area contributed by atoms with Crippen molar-refractivity contribution in [1.82, 2.24) is 0 Å². The van der Waals surface area contributed by atoms with Gasteiger partial charge in [0.1, 0.15) is 0 Å². The summed E-state index contributed by atoms with van der Waals surface area (Å²) in [6.45, 7) is 5.45. The van der Waals surface area contributed by atoms with Crippen LogP contribution in [0.1, 0.15) is 60.1 Å². The number of carbonyl (C=O) groups is 1. The molecule has 4 N–H and O–H groups in total. The molecule has 1 atom stereocenters. The van der Waals surface area contributed by atoms with E-state index in [1.165, 1.54) is 22.3 Å². The molecule has 154 valence electrons. The number of nitrogens with zero attached hydrogens (tertiary/aromatic N) is 1. The van der Waals surface area contributed by atoms with Crippen LogP contribution < -0.4 is 10.5 Å². The quantitative estimate of drug-likeness (QED) is 0.696. The maximum Gasteiger partial charge on any atom is 0.352 e. The SMILES string of the molecule is Cc1cc(S(N)=NC(=O)Nc2c3c(cc4c2CCC4)CCC3)ccc1C(C)(C)O. The molecule has 0 heterocycles. The molecule has 0 radical (unpaired) electrons. The fourth-order valence-electron chi connectivity index (χ4n) is 4.69. The lowest BCUT2D eigenvalue weighted by molar-refractivity contribution is 0.0778. The zero-order valence-electron chi connectivity index (χ0n) is 17.3. The van der Waals surface area contributed by atoms with Gasteiger partial charge in [0.15, 0.2) is 0 Å². The molecule has 2 aliphatic rings. The summed E-state index contributed by atoms with van der Waals surface area (Å²) in [6, 6.07) is 7.58. The molecule has 0 saturated carbocycles. The average molecular weight is 412 g/mol. The zero-order valence-corrected chi connectivity index (χ0v) is 18.2. The Morgan fingerprint density at radius 3 is 2.28 bits per heavy atom. The number of fused-ring (bicyclic) bond motifs is 2. The standard InChI is InChI=1S/C23H29N3O2S/c1-14-12-17(10-11-20(14)23(2,3)28)29(24)26-22(27)25-21-18-8-4-6-15(18)13-16-7-5-9-19(16)21/h10-13,28H,4-9H2,1-3H3,(H3,24,25,26,27). The Kier molecular flexibility index (Phi) is 5.36. The second kappa shape index (κ2) is 7.67. The summed E-state index contributed by atoms with van der Waals surface area (Å²) < 4.78 is 4.22. The van der Waals surface area contributed by atoms with Crippen molar-refractivity contribution in [3.8, 4) is 0 Å². The number of anilines is 1. The van der Waals surface area contributed by atoms with E-state index in [1.807, 2.05) is 25.1 Å². The minimum absolute atomic E-state index is 0.380. The van der Waals surface area contributed by atoms with E-state index in [2.05, 4.69) is 15.7 Å². The van der Waals surface area contributed by atoms with Gasteiger partial charge < -0.3 is 10.4 Å². The third kappa shape index (κ3) is 4.02.